The van der Waals surface area contributed by atoms with Crippen molar-refractivity contribution in [1.29, 1.82) is 0 Å². The second-order valence-electron chi connectivity index (χ2n) is 7.49. The maximum absolute atomic E-state index is 13.4. The Balaban J connectivity index is 1.45. The van der Waals surface area contributed by atoms with Crippen molar-refractivity contribution >= 4 is 51.5 Å². The topological polar surface area (TPSA) is 78.5 Å². The van der Waals surface area contributed by atoms with Gasteiger partial charge in [-0.1, -0.05) is 17.7 Å². The molecule has 1 heterocycles. The average Bonchev–Trinajstić information content (AvgIpc) is 2.81. The fourth-order valence-corrected chi connectivity index (χ4v) is 4.97. The first-order valence-corrected chi connectivity index (χ1v) is 12.0. The molecule has 0 aliphatic carbocycles. The highest BCUT2D eigenvalue weighted by molar-refractivity contribution is 7.86. The van der Waals surface area contributed by atoms with Gasteiger partial charge in [0.2, 0.25) is 0 Å². The van der Waals surface area contributed by atoms with Crippen molar-refractivity contribution < 1.29 is 18.2 Å². The smallest absolute Gasteiger partial charge is 0.255 e. The molecule has 0 spiro atoms. The molecule has 1 aliphatic rings. The summed E-state index contributed by atoms with van der Waals surface area (Å²) in [4.78, 5) is 25.1. The standard InChI is InChI=1S/C24H21ClFN3O3S/c25-21-11-8-19(15-22(21)28-24(31)17-4-3-5-18(26)14-17)27-23(30)16-6-9-20(10-7-16)29-12-1-2-13-33(29)32/h3-11,14-15H,1-2,12-13H2,(H,27,30)(H,28,31). The fourth-order valence-electron chi connectivity index (χ4n) is 3.44. The number of hydrogen-bond acceptors (Lipinski definition) is 3. The quantitative estimate of drug-likeness (QED) is 0.518. The first kappa shape index (κ1) is 22.9. The highest BCUT2D eigenvalue weighted by atomic mass is 35.5. The van der Waals surface area contributed by atoms with Gasteiger partial charge >= 0.3 is 0 Å². The summed E-state index contributed by atoms with van der Waals surface area (Å²) in [5.41, 5.74) is 2.11. The van der Waals surface area contributed by atoms with E-state index >= 15 is 0 Å². The number of nitrogens with one attached hydrogen (secondary N) is 2. The molecule has 1 atom stereocenters. The van der Waals surface area contributed by atoms with Crippen LogP contribution in [0.2, 0.25) is 5.02 Å². The van der Waals surface area contributed by atoms with Crippen LogP contribution in [0, 0.1) is 5.82 Å². The van der Waals surface area contributed by atoms with E-state index in [1.54, 1.807) is 36.4 Å². The lowest BCUT2D eigenvalue weighted by Gasteiger charge is -2.27. The van der Waals surface area contributed by atoms with E-state index in [0.29, 0.717) is 17.0 Å². The minimum atomic E-state index is -1.04. The van der Waals surface area contributed by atoms with Crippen molar-refractivity contribution in [3.63, 3.8) is 0 Å². The van der Waals surface area contributed by atoms with Gasteiger partial charge in [0.1, 0.15) is 16.8 Å². The summed E-state index contributed by atoms with van der Waals surface area (Å²) < 4.78 is 27.4. The molecule has 0 saturated carbocycles. The molecule has 1 fully saturated rings. The van der Waals surface area contributed by atoms with E-state index in [-0.39, 0.29) is 22.2 Å². The van der Waals surface area contributed by atoms with Gasteiger partial charge in [0.25, 0.3) is 11.8 Å². The lowest BCUT2D eigenvalue weighted by Crippen LogP contribution is -2.32. The van der Waals surface area contributed by atoms with Crippen molar-refractivity contribution in [3.05, 3.63) is 88.7 Å². The van der Waals surface area contributed by atoms with Crippen LogP contribution in [0.4, 0.5) is 21.5 Å². The lowest BCUT2D eigenvalue weighted by molar-refractivity contribution is 0.101. The zero-order valence-electron chi connectivity index (χ0n) is 17.5. The molecule has 2 N–H and O–H groups in total. The Kier molecular flexibility index (Phi) is 7.05. The van der Waals surface area contributed by atoms with E-state index in [9.17, 15) is 18.2 Å². The number of carbonyl (C=O) groups is 2. The van der Waals surface area contributed by atoms with E-state index in [0.717, 1.165) is 31.1 Å². The number of nitrogens with zero attached hydrogens (tertiary/aromatic N) is 1. The van der Waals surface area contributed by atoms with Crippen LogP contribution in [0.1, 0.15) is 33.6 Å². The van der Waals surface area contributed by atoms with Crippen molar-refractivity contribution in [2.24, 2.45) is 0 Å². The first-order valence-electron chi connectivity index (χ1n) is 10.3. The van der Waals surface area contributed by atoms with Crippen LogP contribution in [-0.4, -0.2) is 28.3 Å². The lowest BCUT2D eigenvalue weighted by atomic mass is 10.1. The van der Waals surface area contributed by atoms with E-state index < -0.39 is 22.7 Å². The van der Waals surface area contributed by atoms with Crippen LogP contribution < -0.4 is 14.9 Å². The zero-order chi connectivity index (χ0) is 23.4. The second-order valence-corrected chi connectivity index (χ2v) is 9.39. The third-order valence-electron chi connectivity index (χ3n) is 5.15. The van der Waals surface area contributed by atoms with Crippen LogP contribution in [0.25, 0.3) is 0 Å². The molecule has 4 rings (SSSR count). The third kappa shape index (κ3) is 5.58. The Morgan fingerprint density at radius 2 is 1.67 bits per heavy atom. The first-order chi connectivity index (χ1) is 15.9. The molecular formula is C24H21ClFN3O3S. The molecule has 3 aromatic carbocycles. The van der Waals surface area contributed by atoms with Gasteiger partial charge in [0, 0.05) is 34.8 Å². The van der Waals surface area contributed by atoms with Gasteiger partial charge in [-0.25, -0.2) is 8.60 Å². The third-order valence-corrected chi connectivity index (χ3v) is 7.01. The normalized spacial score (nSPS) is 15.7. The van der Waals surface area contributed by atoms with E-state index in [2.05, 4.69) is 10.6 Å². The molecule has 2 amide bonds. The molecule has 1 saturated heterocycles. The SMILES string of the molecule is O=C(Nc1ccc(Cl)c(NC(=O)c2cccc(F)c2)c1)c1ccc(N2CCCCS2=O)cc1. The Hall–Kier alpha value is -3.23. The number of amides is 2. The maximum Gasteiger partial charge on any atom is 0.255 e. The molecule has 33 heavy (non-hydrogen) atoms. The zero-order valence-corrected chi connectivity index (χ0v) is 19.1. The summed E-state index contributed by atoms with van der Waals surface area (Å²) in [7, 11) is -1.04. The molecule has 1 unspecified atom stereocenters. The molecule has 9 heteroatoms. The Morgan fingerprint density at radius 3 is 2.39 bits per heavy atom. The van der Waals surface area contributed by atoms with Gasteiger partial charge in [-0.2, -0.15) is 0 Å². The van der Waals surface area contributed by atoms with Crippen LogP contribution in [0.5, 0.6) is 0 Å². The number of hydrogen-bond donors (Lipinski definition) is 2. The van der Waals surface area contributed by atoms with Crippen molar-refractivity contribution in [3.8, 4) is 0 Å². The highest BCUT2D eigenvalue weighted by Gasteiger charge is 2.19. The Bertz CT molecular complexity index is 1220. The summed E-state index contributed by atoms with van der Waals surface area (Å²) in [6.07, 6.45) is 1.94. The average molecular weight is 486 g/mol. The maximum atomic E-state index is 13.4. The van der Waals surface area contributed by atoms with Gasteiger partial charge in [0.15, 0.2) is 0 Å². The van der Waals surface area contributed by atoms with Crippen molar-refractivity contribution in [1.82, 2.24) is 0 Å². The van der Waals surface area contributed by atoms with Crippen LogP contribution in [-0.2, 0) is 11.0 Å². The van der Waals surface area contributed by atoms with Crippen molar-refractivity contribution in [2.45, 2.75) is 12.8 Å². The van der Waals surface area contributed by atoms with Gasteiger partial charge in [0.05, 0.1) is 10.7 Å². The summed E-state index contributed by atoms with van der Waals surface area (Å²) >= 11 is 6.18. The Morgan fingerprint density at radius 1 is 0.909 bits per heavy atom. The number of carbonyl (C=O) groups excluding carboxylic acids is 2. The number of anilines is 3. The molecule has 0 aromatic heterocycles. The predicted molar refractivity (Wildman–Crippen MR) is 130 cm³/mol. The molecular weight excluding hydrogens is 465 g/mol. The van der Waals surface area contributed by atoms with Gasteiger partial charge in [-0.15, -0.1) is 0 Å². The van der Waals surface area contributed by atoms with Gasteiger partial charge < -0.3 is 10.6 Å². The summed E-state index contributed by atoms with van der Waals surface area (Å²) in [5, 5.41) is 5.68. The largest absolute Gasteiger partial charge is 0.322 e. The molecule has 170 valence electrons. The molecule has 3 aromatic rings. The Labute approximate surface area is 198 Å². The van der Waals surface area contributed by atoms with Crippen LogP contribution in [0.3, 0.4) is 0 Å². The van der Waals surface area contributed by atoms with E-state index in [1.807, 2.05) is 4.31 Å². The van der Waals surface area contributed by atoms with Crippen LogP contribution >= 0.6 is 11.6 Å². The number of benzene rings is 3. The van der Waals surface area contributed by atoms with Gasteiger partial charge in [-0.3, -0.25) is 13.9 Å². The molecule has 0 radical (unpaired) electrons. The number of rotatable bonds is 5. The minimum Gasteiger partial charge on any atom is -0.322 e. The number of halogens is 2. The predicted octanol–water partition coefficient (Wildman–Crippen LogP) is 5.25. The molecule has 0 bridgehead atoms. The summed E-state index contributed by atoms with van der Waals surface area (Å²) in [6.45, 7) is 0.729. The minimum absolute atomic E-state index is 0.148. The summed E-state index contributed by atoms with van der Waals surface area (Å²) in [6, 6.07) is 16.9. The second kappa shape index (κ2) is 10.1. The van der Waals surface area contributed by atoms with Gasteiger partial charge in [-0.05, 0) is 73.5 Å². The van der Waals surface area contributed by atoms with E-state index in [4.69, 9.17) is 11.6 Å². The molecule has 1 aliphatic heterocycles. The van der Waals surface area contributed by atoms with Crippen LogP contribution in [0.15, 0.2) is 66.7 Å². The van der Waals surface area contributed by atoms with Crippen molar-refractivity contribution in [2.75, 3.05) is 27.2 Å². The summed E-state index contributed by atoms with van der Waals surface area (Å²) in [5.74, 6) is -0.736. The fraction of sp³-hybridized carbons (Fsp3) is 0.167. The van der Waals surface area contributed by atoms with E-state index in [1.165, 1.54) is 24.3 Å². The highest BCUT2D eigenvalue weighted by Crippen LogP contribution is 2.27. The monoisotopic (exact) mass is 485 g/mol. The molecule has 6 nitrogen and oxygen atoms in total.